The van der Waals surface area contributed by atoms with Gasteiger partial charge in [-0.15, -0.1) is 0 Å². The summed E-state index contributed by atoms with van der Waals surface area (Å²) in [4.78, 5) is 16.2. The molecule has 0 aromatic rings. The molecule has 74 valence electrons. The number of ether oxygens (including phenoxy) is 1. The average Bonchev–Trinajstić information content (AvgIpc) is 2.39. The molecule has 1 rings (SSSR count). The standard InChI is InChI=1S/C7H13N3O3/c1-7(2)10(8-3)5(9-13-7)6(11)12-4/h8H,1-4H3. The first-order chi connectivity index (χ1) is 6.03. The van der Waals surface area contributed by atoms with E-state index in [2.05, 4.69) is 15.3 Å². The van der Waals surface area contributed by atoms with E-state index in [1.807, 2.05) is 0 Å². The third kappa shape index (κ3) is 1.57. The van der Waals surface area contributed by atoms with Gasteiger partial charge < -0.3 is 9.57 Å². The van der Waals surface area contributed by atoms with Crippen molar-refractivity contribution in [2.75, 3.05) is 14.2 Å². The van der Waals surface area contributed by atoms with Crippen molar-refractivity contribution in [3.05, 3.63) is 0 Å². The monoisotopic (exact) mass is 187 g/mol. The number of carbonyl (C=O) groups excluding carboxylic acids is 1. The van der Waals surface area contributed by atoms with Crippen LogP contribution in [0, 0.1) is 0 Å². The number of methoxy groups -OCH3 is 1. The minimum atomic E-state index is -0.668. The van der Waals surface area contributed by atoms with Gasteiger partial charge >= 0.3 is 5.97 Å². The summed E-state index contributed by atoms with van der Waals surface area (Å²) in [5.74, 6) is -0.407. The zero-order valence-electron chi connectivity index (χ0n) is 8.12. The van der Waals surface area contributed by atoms with Crippen molar-refractivity contribution in [3.8, 4) is 0 Å². The molecule has 6 nitrogen and oxygen atoms in total. The second-order valence-corrected chi connectivity index (χ2v) is 3.00. The maximum Gasteiger partial charge on any atom is 0.378 e. The SMILES string of the molecule is CNN1C(C(=O)OC)=NOC1(C)C. The number of nitrogens with zero attached hydrogens (tertiary/aromatic N) is 2. The third-order valence-corrected chi connectivity index (χ3v) is 1.70. The summed E-state index contributed by atoms with van der Waals surface area (Å²) in [6, 6.07) is 0. The van der Waals surface area contributed by atoms with Crippen molar-refractivity contribution >= 4 is 11.8 Å². The lowest BCUT2D eigenvalue weighted by molar-refractivity contribution is -0.134. The van der Waals surface area contributed by atoms with E-state index in [9.17, 15) is 4.79 Å². The molecule has 1 aliphatic rings. The van der Waals surface area contributed by atoms with Crippen LogP contribution in [-0.4, -0.2) is 36.7 Å². The fraction of sp³-hybridized carbons (Fsp3) is 0.714. The third-order valence-electron chi connectivity index (χ3n) is 1.70. The Balaban J connectivity index is 2.84. The van der Waals surface area contributed by atoms with Gasteiger partial charge in [0.1, 0.15) is 0 Å². The van der Waals surface area contributed by atoms with E-state index in [4.69, 9.17) is 4.84 Å². The summed E-state index contributed by atoms with van der Waals surface area (Å²) < 4.78 is 4.53. The lowest BCUT2D eigenvalue weighted by Gasteiger charge is -2.28. The van der Waals surface area contributed by atoms with E-state index in [1.54, 1.807) is 20.9 Å². The van der Waals surface area contributed by atoms with Gasteiger partial charge in [-0.1, -0.05) is 5.16 Å². The van der Waals surface area contributed by atoms with Crippen molar-refractivity contribution in [2.24, 2.45) is 5.16 Å². The van der Waals surface area contributed by atoms with Crippen molar-refractivity contribution in [1.29, 1.82) is 0 Å². The maximum atomic E-state index is 11.2. The van der Waals surface area contributed by atoms with Crippen molar-refractivity contribution in [1.82, 2.24) is 10.4 Å². The van der Waals surface area contributed by atoms with Crippen molar-refractivity contribution in [3.63, 3.8) is 0 Å². The topological polar surface area (TPSA) is 63.2 Å². The second-order valence-electron chi connectivity index (χ2n) is 3.00. The first kappa shape index (κ1) is 9.79. The molecule has 0 amide bonds. The minimum Gasteiger partial charge on any atom is -0.463 e. The van der Waals surface area contributed by atoms with Gasteiger partial charge in [0.15, 0.2) is 0 Å². The zero-order chi connectivity index (χ0) is 10.1. The molecule has 0 aliphatic carbocycles. The van der Waals surface area contributed by atoms with Crippen LogP contribution in [-0.2, 0) is 14.4 Å². The van der Waals surface area contributed by atoms with Gasteiger partial charge in [-0.3, -0.25) is 0 Å². The first-order valence-electron chi connectivity index (χ1n) is 3.85. The molecule has 0 aromatic carbocycles. The molecule has 1 aliphatic heterocycles. The molecule has 0 spiro atoms. The molecule has 0 saturated carbocycles. The Bertz CT molecular complexity index is 249. The molecule has 0 fully saturated rings. The Morgan fingerprint density at radius 2 is 2.31 bits per heavy atom. The molecular formula is C7H13N3O3. The molecule has 0 unspecified atom stereocenters. The molecule has 0 aromatic heterocycles. The van der Waals surface area contributed by atoms with Gasteiger partial charge in [-0.25, -0.2) is 15.2 Å². The quantitative estimate of drug-likeness (QED) is 0.600. The van der Waals surface area contributed by atoms with Gasteiger partial charge in [-0.2, -0.15) is 0 Å². The lowest BCUT2D eigenvalue weighted by atomic mass is 10.3. The van der Waals surface area contributed by atoms with Crippen molar-refractivity contribution < 1.29 is 14.4 Å². The highest BCUT2D eigenvalue weighted by Gasteiger charge is 2.40. The number of hydrogen-bond donors (Lipinski definition) is 1. The molecule has 13 heavy (non-hydrogen) atoms. The van der Waals surface area contributed by atoms with Crippen LogP contribution in [0.2, 0.25) is 0 Å². The fourth-order valence-corrected chi connectivity index (χ4v) is 1.09. The van der Waals surface area contributed by atoms with Crippen LogP contribution in [0.1, 0.15) is 13.8 Å². The lowest BCUT2D eigenvalue weighted by Crippen LogP contribution is -2.53. The molecule has 0 bridgehead atoms. The molecule has 0 atom stereocenters. The summed E-state index contributed by atoms with van der Waals surface area (Å²) in [5.41, 5.74) is 2.13. The Morgan fingerprint density at radius 3 is 2.77 bits per heavy atom. The Labute approximate surface area is 76.4 Å². The fourth-order valence-electron chi connectivity index (χ4n) is 1.09. The Hall–Kier alpha value is -1.30. The van der Waals surface area contributed by atoms with Gasteiger partial charge in [0, 0.05) is 7.05 Å². The highest BCUT2D eigenvalue weighted by Crippen LogP contribution is 2.21. The number of nitrogens with one attached hydrogen (secondary N) is 1. The van der Waals surface area contributed by atoms with E-state index >= 15 is 0 Å². The summed E-state index contributed by atoms with van der Waals surface area (Å²) in [5, 5.41) is 5.12. The summed E-state index contributed by atoms with van der Waals surface area (Å²) in [6.07, 6.45) is 0. The van der Waals surface area contributed by atoms with Crippen LogP contribution >= 0.6 is 0 Å². The number of oxime groups is 1. The summed E-state index contributed by atoms with van der Waals surface area (Å²) in [7, 11) is 2.97. The zero-order valence-corrected chi connectivity index (χ0v) is 8.12. The number of esters is 1. The number of rotatable bonds is 2. The van der Waals surface area contributed by atoms with Gasteiger partial charge in [0.2, 0.25) is 5.72 Å². The van der Waals surface area contributed by atoms with E-state index < -0.39 is 11.7 Å². The Morgan fingerprint density at radius 1 is 1.69 bits per heavy atom. The Kier molecular flexibility index (Phi) is 2.42. The average molecular weight is 187 g/mol. The van der Waals surface area contributed by atoms with Crippen LogP contribution in [0.3, 0.4) is 0 Å². The predicted molar refractivity (Wildman–Crippen MR) is 45.5 cm³/mol. The minimum absolute atomic E-state index is 0.120. The highest BCUT2D eigenvalue weighted by molar-refractivity contribution is 6.35. The van der Waals surface area contributed by atoms with Gasteiger partial charge in [-0.05, 0) is 13.8 Å². The van der Waals surface area contributed by atoms with Gasteiger partial charge in [0.05, 0.1) is 7.11 Å². The first-order valence-corrected chi connectivity index (χ1v) is 3.85. The van der Waals surface area contributed by atoms with Crippen LogP contribution in [0.5, 0.6) is 0 Å². The van der Waals surface area contributed by atoms with Crippen LogP contribution in [0.15, 0.2) is 5.16 Å². The number of hydrazine groups is 1. The molecule has 0 saturated heterocycles. The molecule has 1 heterocycles. The summed E-state index contributed by atoms with van der Waals surface area (Å²) in [6.45, 7) is 3.56. The molecule has 6 heteroatoms. The van der Waals surface area contributed by atoms with Crippen LogP contribution < -0.4 is 5.43 Å². The normalized spacial score (nSPS) is 19.4. The van der Waals surface area contributed by atoms with Gasteiger partial charge in [0.25, 0.3) is 5.84 Å². The molecule has 0 radical (unpaired) electrons. The highest BCUT2D eigenvalue weighted by atomic mass is 16.7. The van der Waals surface area contributed by atoms with Crippen LogP contribution in [0.25, 0.3) is 0 Å². The molecular weight excluding hydrogens is 174 g/mol. The number of carbonyl (C=O) groups is 1. The predicted octanol–water partition coefficient (Wildman–Crippen LogP) is -0.324. The second kappa shape index (κ2) is 3.21. The van der Waals surface area contributed by atoms with Crippen LogP contribution in [0.4, 0.5) is 0 Å². The smallest absolute Gasteiger partial charge is 0.378 e. The van der Waals surface area contributed by atoms with E-state index in [0.717, 1.165) is 0 Å². The van der Waals surface area contributed by atoms with E-state index in [-0.39, 0.29) is 5.84 Å². The van der Waals surface area contributed by atoms with Crippen molar-refractivity contribution in [2.45, 2.75) is 19.6 Å². The van der Waals surface area contributed by atoms with E-state index in [1.165, 1.54) is 12.1 Å². The van der Waals surface area contributed by atoms with E-state index in [0.29, 0.717) is 0 Å². The number of hydrogen-bond acceptors (Lipinski definition) is 6. The largest absolute Gasteiger partial charge is 0.463 e. The summed E-state index contributed by atoms with van der Waals surface area (Å²) >= 11 is 0. The number of amidine groups is 1. The maximum absolute atomic E-state index is 11.2. The molecule has 1 N–H and O–H groups in total.